The number of pyridine rings is 1. The van der Waals surface area contributed by atoms with Crippen LogP contribution in [0.25, 0.3) is 0 Å². The van der Waals surface area contributed by atoms with Crippen LogP contribution in [0.3, 0.4) is 0 Å². The van der Waals surface area contributed by atoms with Gasteiger partial charge in [0.2, 0.25) is 0 Å². The van der Waals surface area contributed by atoms with Gasteiger partial charge in [0.15, 0.2) is 0 Å². The summed E-state index contributed by atoms with van der Waals surface area (Å²) in [5.41, 5.74) is 1.79. The Morgan fingerprint density at radius 1 is 1.23 bits per heavy atom. The number of H-pyrrole nitrogens is 1. The topological polar surface area (TPSA) is 95.5 Å². The van der Waals surface area contributed by atoms with Gasteiger partial charge >= 0.3 is 12.1 Å². The van der Waals surface area contributed by atoms with Crippen molar-refractivity contribution in [3.8, 4) is 0 Å². The Kier molecular flexibility index (Phi) is 7.32. The van der Waals surface area contributed by atoms with Crippen LogP contribution in [0.5, 0.6) is 0 Å². The van der Waals surface area contributed by atoms with Crippen LogP contribution in [0.4, 0.5) is 13.2 Å². The Hall–Kier alpha value is -2.88. The molecule has 1 saturated heterocycles. The number of alkyl halides is 3. The normalized spacial score (nSPS) is 20.8. The summed E-state index contributed by atoms with van der Waals surface area (Å²) < 4.78 is 37.9. The number of rotatable bonds is 6. The van der Waals surface area contributed by atoms with Crippen molar-refractivity contribution in [3.63, 3.8) is 0 Å². The van der Waals surface area contributed by atoms with Crippen LogP contribution in [0, 0.1) is 5.92 Å². The number of hydrogen-bond donors (Lipinski definition) is 2. The van der Waals surface area contributed by atoms with E-state index in [4.69, 9.17) is 14.6 Å². The number of likely N-dealkylation sites (tertiary alicyclic amines) is 1. The molecule has 2 fully saturated rings. The molecule has 1 saturated carbocycles. The second kappa shape index (κ2) is 9.95. The maximum absolute atomic E-state index is 12.8. The lowest BCUT2D eigenvalue weighted by atomic mass is 10.0. The fourth-order valence-electron chi connectivity index (χ4n) is 3.44. The number of hydrogen-bond acceptors (Lipinski definition) is 4. The van der Waals surface area contributed by atoms with Gasteiger partial charge in [-0.3, -0.25) is 9.78 Å². The molecule has 1 aliphatic carbocycles. The number of nitrogens with zero attached hydrogens (tertiary/aromatic N) is 2. The molecular weight excluding hydrogens is 415 g/mol. The van der Waals surface area contributed by atoms with Crippen LogP contribution < -0.4 is 0 Å². The third-order valence-electron chi connectivity index (χ3n) is 5.23. The molecule has 31 heavy (non-hydrogen) atoms. The number of carboxylic acids is 1. The Labute approximate surface area is 177 Å². The molecule has 2 N–H and O–H groups in total. The highest BCUT2D eigenvalue weighted by molar-refractivity contribution is 5.92. The van der Waals surface area contributed by atoms with E-state index in [1.165, 1.54) is 12.8 Å². The molecule has 4 rings (SSSR count). The summed E-state index contributed by atoms with van der Waals surface area (Å²) >= 11 is 0. The first kappa shape index (κ1) is 22.8. The maximum atomic E-state index is 12.8. The average Bonchev–Trinajstić information content (AvgIpc) is 3.23. The number of halogens is 3. The largest absolute Gasteiger partial charge is 0.490 e. The van der Waals surface area contributed by atoms with Crippen LogP contribution >= 0.6 is 0 Å². The van der Waals surface area contributed by atoms with Crippen LogP contribution in [0.1, 0.15) is 35.3 Å². The van der Waals surface area contributed by atoms with E-state index in [1.807, 2.05) is 29.3 Å². The molecule has 1 amide bonds. The van der Waals surface area contributed by atoms with Gasteiger partial charge in [-0.05, 0) is 55.4 Å². The number of amides is 1. The van der Waals surface area contributed by atoms with E-state index >= 15 is 0 Å². The summed E-state index contributed by atoms with van der Waals surface area (Å²) in [4.78, 5) is 30.9. The van der Waals surface area contributed by atoms with Gasteiger partial charge in [0.1, 0.15) is 5.69 Å². The van der Waals surface area contributed by atoms with Gasteiger partial charge in [0.05, 0.1) is 12.1 Å². The summed E-state index contributed by atoms with van der Waals surface area (Å²) in [6, 6.07) is 7.79. The number of ether oxygens (including phenoxy) is 1. The summed E-state index contributed by atoms with van der Waals surface area (Å²) in [5, 5.41) is 7.12. The van der Waals surface area contributed by atoms with Crippen molar-refractivity contribution in [2.75, 3.05) is 13.2 Å². The summed E-state index contributed by atoms with van der Waals surface area (Å²) in [6.45, 7) is 1.58. The molecule has 0 radical (unpaired) electrons. The van der Waals surface area contributed by atoms with Crippen molar-refractivity contribution < 1.29 is 32.6 Å². The molecule has 168 valence electrons. The first-order valence-corrected chi connectivity index (χ1v) is 10.0. The predicted octanol–water partition coefficient (Wildman–Crippen LogP) is 3.30. The van der Waals surface area contributed by atoms with Crippen molar-refractivity contribution in [1.82, 2.24) is 14.9 Å². The molecule has 0 spiro atoms. The molecule has 10 heteroatoms. The monoisotopic (exact) mass is 439 g/mol. The van der Waals surface area contributed by atoms with Gasteiger partial charge in [-0.15, -0.1) is 0 Å². The molecule has 0 unspecified atom stereocenters. The number of carbonyl (C=O) groups is 2. The van der Waals surface area contributed by atoms with Crippen molar-refractivity contribution >= 4 is 11.9 Å². The maximum Gasteiger partial charge on any atom is 0.490 e. The Morgan fingerprint density at radius 2 is 1.97 bits per heavy atom. The number of aliphatic carboxylic acids is 1. The van der Waals surface area contributed by atoms with E-state index in [-0.39, 0.29) is 18.1 Å². The van der Waals surface area contributed by atoms with E-state index in [0.29, 0.717) is 5.69 Å². The SMILES string of the molecule is O=C(O)C(F)(F)F.O=C(c1ccc[nH]1)N1CC[C@@H](OCC2CC2)[C@@H]1Cc1cccnc1. The quantitative estimate of drug-likeness (QED) is 0.720. The lowest BCUT2D eigenvalue weighted by Crippen LogP contribution is -2.42. The number of nitrogens with one attached hydrogen (secondary N) is 1. The molecule has 3 heterocycles. The summed E-state index contributed by atoms with van der Waals surface area (Å²) in [6.07, 6.45) is 4.75. The number of aromatic nitrogens is 2. The standard InChI is InChI=1S/C19H23N3O2.C2HF3O2/c23-19(16-4-2-9-21-16)22-10-7-18(24-13-14-5-6-14)17(22)11-15-3-1-8-20-12-15;3-2(4,5)1(6)7/h1-4,8-9,12,14,17-18,21H,5-7,10-11,13H2;(H,6,7)/t17-,18+;/m0./s1. The van der Waals surface area contributed by atoms with E-state index in [1.54, 1.807) is 12.4 Å². The first-order chi connectivity index (χ1) is 14.8. The minimum absolute atomic E-state index is 0.0615. The Morgan fingerprint density at radius 3 is 2.52 bits per heavy atom. The van der Waals surface area contributed by atoms with E-state index in [2.05, 4.69) is 16.0 Å². The summed E-state index contributed by atoms with van der Waals surface area (Å²) in [7, 11) is 0. The molecule has 7 nitrogen and oxygen atoms in total. The van der Waals surface area contributed by atoms with E-state index in [9.17, 15) is 18.0 Å². The molecular formula is C21H24F3N3O4. The zero-order valence-corrected chi connectivity index (χ0v) is 16.7. The van der Waals surface area contributed by atoms with Gasteiger partial charge in [-0.2, -0.15) is 13.2 Å². The summed E-state index contributed by atoms with van der Waals surface area (Å²) in [5.74, 6) is -1.96. The van der Waals surface area contributed by atoms with Crippen LogP contribution in [0.2, 0.25) is 0 Å². The lowest BCUT2D eigenvalue weighted by molar-refractivity contribution is -0.192. The fourth-order valence-corrected chi connectivity index (χ4v) is 3.44. The lowest BCUT2D eigenvalue weighted by Gasteiger charge is -2.28. The third-order valence-corrected chi connectivity index (χ3v) is 5.23. The van der Waals surface area contributed by atoms with Crippen molar-refractivity contribution in [1.29, 1.82) is 0 Å². The van der Waals surface area contributed by atoms with Crippen LogP contribution in [0.15, 0.2) is 42.9 Å². The van der Waals surface area contributed by atoms with Gasteiger partial charge < -0.3 is 19.7 Å². The van der Waals surface area contributed by atoms with Crippen molar-refractivity contribution in [2.45, 2.75) is 44.0 Å². The van der Waals surface area contributed by atoms with Gasteiger partial charge in [0.25, 0.3) is 5.91 Å². The highest BCUT2D eigenvalue weighted by Crippen LogP contribution is 2.32. The third kappa shape index (κ3) is 6.55. The van der Waals surface area contributed by atoms with Crippen LogP contribution in [-0.2, 0) is 16.0 Å². The van der Waals surface area contributed by atoms with Crippen molar-refractivity contribution in [2.24, 2.45) is 5.92 Å². The van der Waals surface area contributed by atoms with Gasteiger partial charge in [0, 0.05) is 31.7 Å². The minimum atomic E-state index is -5.08. The number of carboxylic acid groups (broad SMARTS) is 1. The van der Waals surface area contributed by atoms with Crippen LogP contribution in [-0.4, -0.2) is 63.3 Å². The second-order valence-corrected chi connectivity index (χ2v) is 7.62. The van der Waals surface area contributed by atoms with Crippen molar-refractivity contribution in [3.05, 3.63) is 54.1 Å². The van der Waals surface area contributed by atoms with E-state index in [0.717, 1.165) is 37.5 Å². The highest BCUT2D eigenvalue weighted by Gasteiger charge is 2.39. The zero-order chi connectivity index (χ0) is 22.4. The molecule has 2 aromatic heterocycles. The molecule has 2 atom stereocenters. The molecule has 0 bridgehead atoms. The van der Waals surface area contributed by atoms with E-state index < -0.39 is 12.1 Å². The molecule has 2 aliphatic rings. The molecule has 1 aliphatic heterocycles. The number of aromatic amines is 1. The van der Waals surface area contributed by atoms with Gasteiger partial charge in [-0.1, -0.05) is 6.07 Å². The smallest absolute Gasteiger partial charge is 0.475 e. The molecule has 2 aromatic rings. The number of carbonyl (C=O) groups excluding carboxylic acids is 1. The van der Waals surface area contributed by atoms with Gasteiger partial charge in [-0.25, -0.2) is 4.79 Å². The zero-order valence-electron chi connectivity index (χ0n) is 16.7. The molecule has 0 aromatic carbocycles. The first-order valence-electron chi connectivity index (χ1n) is 10.0. The Balaban J connectivity index is 0.000000339. The Bertz CT molecular complexity index is 855. The second-order valence-electron chi connectivity index (χ2n) is 7.62. The average molecular weight is 439 g/mol. The predicted molar refractivity (Wildman–Crippen MR) is 104 cm³/mol. The fraction of sp³-hybridized carbons (Fsp3) is 0.476. The minimum Gasteiger partial charge on any atom is -0.475 e. The highest BCUT2D eigenvalue weighted by atomic mass is 19.4.